The van der Waals surface area contributed by atoms with E-state index in [2.05, 4.69) is 13.0 Å². The summed E-state index contributed by atoms with van der Waals surface area (Å²) in [5.41, 5.74) is 2.47. The van der Waals surface area contributed by atoms with Crippen LogP contribution in [0.5, 0.6) is 5.75 Å². The third-order valence-electron chi connectivity index (χ3n) is 3.03. The van der Waals surface area contributed by atoms with Crippen LogP contribution in [0.3, 0.4) is 0 Å². The Kier molecular flexibility index (Phi) is 4.60. The van der Waals surface area contributed by atoms with Gasteiger partial charge in [0.2, 0.25) is 0 Å². The average Bonchev–Trinajstić information content (AvgIpc) is 2.45. The van der Waals surface area contributed by atoms with Gasteiger partial charge < -0.3 is 14.8 Å². The molecule has 0 radical (unpaired) electrons. The standard InChI is InChI=1S/C15H17BO3/c1-2-12-6-5-8-14(10-12)19-11-13-7-3-4-9-15(13)16(17)18/h3-10,17-18H,2,11H2,1H3. The fraction of sp³-hybridized carbons (Fsp3) is 0.200. The number of benzene rings is 2. The highest BCUT2D eigenvalue weighted by atomic mass is 16.5. The lowest BCUT2D eigenvalue weighted by atomic mass is 9.77. The summed E-state index contributed by atoms with van der Waals surface area (Å²) in [6.45, 7) is 2.41. The minimum atomic E-state index is -1.47. The summed E-state index contributed by atoms with van der Waals surface area (Å²) in [4.78, 5) is 0. The molecule has 2 rings (SSSR count). The Labute approximate surface area is 113 Å². The van der Waals surface area contributed by atoms with Crippen LogP contribution in [0.1, 0.15) is 18.1 Å². The van der Waals surface area contributed by atoms with Crippen molar-refractivity contribution in [3.8, 4) is 5.75 Å². The lowest BCUT2D eigenvalue weighted by molar-refractivity contribution is 0.306. The highest BCUT2D eigenvalue weighted by Gasteiger charge is 2.15. The van der Waals surface area contributed by atoms with Crippen LogP contribution in [0.2, 0.25) is 0 Å². The molecule has 0 atom stereocenters. The maximum absolute atomic E-state index is 9.28. The number of aryl methyl sites for hydroxylation is 1. The molecule has 0 aliphatic carbocycles. The molecule has 0 saturated heterocycles. The summed E-state index contributed by atoms with van der Waals surface area (Å²) in [6.07, 6.45) is 0.961. The van der Waals surface area contributed by atoms with Gasteiger partial charge in [-0.2, -0.15) is 0 Å². The summed E-state index contributed by atoms with van der Waals surface area (Å²) < 4.78 is 5.70. The third-order valence-corrected chi connectivity index (χ3v) is 3.03. The molecule has 0 heterocycles. The van der Waals surface area contributed by atoms with Crippen molar-refractivity contribution < 1.29 is 14.8 Å². The summed E-state index contributed by atoms with van der Waals surface area (Å²) in [5, 5.41) is 18.6. The van der Waals surface area contributed by atoms with Crippen LogP contribution in [0.25, 0.3) is 0 Å². The van der Waals surface area contributed by atoms with Crippen LogP contribution in [0, 0.1) is 0 Å². The SMILES string of the molecule is CCc1cccc(OCc2ccccc2B(O)O)c1. The molecule has 0 aliphatic heterocycles. The van der Waals surface area contributed by atoms with Crippen LogP contribution in [0.4, 0.5) is 0 Å². The largest absolute Gasteiger partial charge is 0.489 e. The van der Waals surface area contributed by atoms with E-state index in [9.17, 15) is 10.0 Å². The molecule has 2 aromatic carbocycles. The van der Waals surface area contributed by atoms with Crippen LogP contribution in [0.15, 0.2) is 48.5 Å². The fourth-order valence-electron chi connectivity index (χ4n) is 1.93. The van der Waals surface area contributed by atoms with Gasteiger partial charge in [-0.15, -0.1) is 0 Å². The number of rotatable bonds is 5. The lowest BCUT2D eigenvalue weighted by Gasteiger charge is -2.11. The van der Waals surface area contributed by atoms with Gasteiger partial charge in [-0.3, -0.25) is 0 Å². The molecule has 0 aromatic heterocycles. The Morgan fingerprint density at radius 2 is 1.84 bits per heavy atom. The van der Waals surface area contributed by atoms with E-state index in [0.717, 1.165) is 17.7 Å². The Morgan fingerprint density at radius 3 is 2.58 bits per heavy atom. The maximum Gasteiger partial charge on any atom is 0.488 e. The van der Waals surface area contributed by atoms with E-state index in [-0.39, 0.29) is 0 Å². The molecule has 0 aliphatic rings. The van der Waals surface area contributed by atoms with E-state index >= 15 is 0 Å². The fourth-order valence-corrected chi connectivity index (χ4v) is 1.93. The van der Waals surface area contributed by atoms with E-state index in [0.29, 0.717) is 12.1 Å². The van der Waals surface area contributed by atoms with E-state index in [1.165, 1.54) is 5.56 Å². The summed E-state index contributed by atoms with van der Waals surface area (Å²) >= 11 is 0. The molecule has 2 N–H and O–H groups in total. The molecule has 0 bridgehead atoms. The Bertz CT molecular complexity index is 540. The van der Waals surface area contributed by atoms with Crippen molar-refractivity contribution in [1.29, 1.82) is 0 Å². The van der Waals surface area contributed by atoms with E-state index in [1.54, 1.807) is 12.1 Å². The van der Waals surface area contributed by atoms with Gasteiger partial charge in [-0.1, -0.05) is 43.3 Å². The normalized spacial score (nSPS) is 10.3. The summed E-state index contributed by atoms with van der Waals surface area (Å²) in [7, 11) is -1.47. The van der Waals surface area contributed by atoms with E-state index < -0.39 is 7.12 Å². The van der Waals surface area contributed by atoms with Crippen molar-refractivity contribution in [2.45, 2.75) is 20.0 Å². The first-order valence-electron chi connectivity index (χ1n) is 6.36. The van der Waals surface area contributed by atoms with Gasteiger partial charge in [-0.25, -0.2) is 0 Å². The predicted octanol–water partition coefficient (Wildman–Crippen LogP) is 1.51. The molecule has 0 spiro atoms. The molecule has 3 nitrogen and oxygen atoms in total. The Morgan fingerprint density at radius 1 is 1.05 bits per heavy atom. The van der Waals surface area contributed by atoms with Crippen molar-refractivity contribution in [3.05, 3.63) is 59.7 Å². The average molecular weight is 256 g/mol. The van der Waals surface area contributed by atoms with Gasteiger partial charge in [0.05, 0.1) is 0 Å². The maximum atomic E-state index is 9.28. The molecule has 0 fully saturated rings. The van der Waals surface area contributed by atoms with Gasteiger partial charge in [0.15, 0.2) is 0 Å². The first-order chi connectivity index (χ1) is 9.20. The second-order valence-corrected chi connectivity index (χ2v) is 4.36. The highest BCUT2D eigenvalue weighted by Crippen LogP contribution is 2.15. The zero-order valence-corrected chi connectivity index (χ0v) is 10.9. The molecule has 0 saturated carbocycles. The molecule has 98 valence electrons. The van der Waals surface area contributed by atoms with Crippen LogP contribution < -0.4 is 10.2 Å². The van der Waals surface area contributed by atoms with Crippen molar-refractivity contribution in [2.24, 2.45) is 0 Å². The molecular weight excluding hydrogens is 239 g/mol. The number of hydrogen-bond donors (Lipinski definition) is 2. The zero-order valence-electron chi connectivity index (χ0n) is 10.9. The number of ether oxygens (including phenoxy) is 1. The van der Waals surface area contributed by atoms with Crippen molar-refractivity contribution in [2.75, 3.05) is 0 Å². The molecule has 0 unspecified atom stereocenters. The molecule has 2 aromatic rings. The molecule has 19 heavy (non-hydrogen) atoms. The van der Waals surface area contributed by atoms with Crippen LogP contribution in [-0.2, 0) is 13.0 Å². The second kappa shape index (κ2) is 6.41. The first-order valence-corrected chi connectivity index (χ1v) is 6.36. The molecular formula is C15H17BO3. The summed E-state index contributed by atoms with van der Waals surface area (Å²) in [6, 6.07) is 15.1. The highest BCUT2D eigenvalue weighted by molar-refractivity contribution is 6.59. The second-order valence-electron chi connectivity index (χ2n) is 4.36. The minimum absolute atomic E-state index is 0.320. The minimum Gasteiger partial charge on any atom is -0.489 e. The Hall–Kier alpha value is -1.78. The third kappa shape index (κ3) is 3.59. The topological polar surface area (TPSA) is 49.7 Å². The van der Waals surface area contributed by atoms with Gasteiger partial charge in [-0.05, 0) is 35.1 Å². The van der Waals surface area contributed by atoms with Crippen LogP contribution >= 0.6 is 0 Å². The monoisotopic (exact) mass is 256 g/mol. The first kappa shape index (κ1) is 13.7. The van der Waals surface area contributed by atoms with E-state index in [4.69, 9.17) is 4.74 Å². The quantitative estimate of drug-likeness (QED) is 0.797. The molecule has 0 amide bonds. The van der Waals surface area contributed by atoms with Crippen molar-refractivity contribution >= 4 is 12.6 Å². The van der Waals surface area contributed by atoms with Gasteiger partial charge in [0.25, 0.3) is 0 Å². The zero-order chi connectivity index (χ0) is 13.7. The van der Waals surface area contributed by atoms with E-state index in [1.807, 2.05) is 30.3 Å². The van der Waals surface area contributed by atoms with Crippen molar-refractivity contribution in [1.82, 2.24) is 0 Å². The smallest absolute Gasteiger partial charge is 0.488 e. The Balaban J connectivity index is 2.10. The van der Waals surface area contributed by atoms with Gasteiger partial charge >= 0.3 is 7.12 Å². The molecule has 4 heteroatoms. The predicted molar refractivity (Wildman–Crippen MR) is 76.4 cm³/mol. The van der Waals surface area contributed by atoms with Crippen molar-refractivity contribution in [3.63, 3.8) is 0 Å². The van der Waals surface area contributed by atoms with Gasteiger partial charge in [0, 0.05) is 0 Å². The summed E-state index contributed by atoms with van der Waals surface area (Å²) in [5.74, 6) is 0.793. The van der Waals surface area contributed by atoms with Gasteiger partial charge in [0.1, 0.15) is 12.4 Å². The lowest BCUT2D eigenvalue weighted by Crippen LogP contribution is -2.33. The number of hydrogen-bond acceptors (Lipinski definition) is 3. The van der Waals surface area contributed by atoms with Crippen LogP contribution in [-0.4, -0.2) is 17.2 Å².